The monoisotopic (exact) mass is 462 g/mol. The molecule has 184 valence electrons. The molecule has 1 unspecified atom stereocenters. The van der Waals surface area contributed by atoms with E-state index in [9.17, 15) is 10.2 Å². The van der Waals surface area contributed by atoms with E-state index in [4.69, 9.17) is 4.74 Å². The topological polar surface area (TPSA) is 49.7 Å². The predicted molar refractivity (Wildman–Crippen MR) is 137 cm³/mol. The molecule has 6 atom stereocenters. The standard InChI is InChI=1S/C31H42O3/c1-31-17-16-27-26-13-12-25(32)20-24(26)19-23(30(27)28(31)14-15-29(31)33)11-7-2-3-8-18-34-21-22-9-5-4-6-10-22/h4-6,9-10,12-13,20,23,27-30,32-33H,2-3,7-8,11,14-19,21H2,1H3/t23?,27-,28+,29+,30-,31+/m1/s1. The Kier molecular flexibility index (Phi) is 7.32. The largest absolute Gasteiger partial charge is 0.508 e. The lowest BCUT2D eigenvalue weighted by Crippen LogP contribution is -2.47. The Bertz CT molecular complexity index is 941. The molecule has 0 bridgehead atoms. The van der Waals surface area contributed by atoms with Crippen molar-refractivity contribution in [1.82, 2.24) is 0 Å². The van der Waals surface area contributed by atoms with Gasteiger partial charge in [-0.15, -0.1) is 0 Å². The van der Waals surface area contributed by atoms with Crippen LogP contribution in [0.4, 0.5) is 0 Å². The molecule has 0 amide bonds. The average Bonchev–Trinajstić information content (AvgIpc) is 3.15. The average molecular weight is 463 g/mol. The number of ether oxygens (including phenoxy) is 1. The molecule has 2 N–H and O–H groups in total. The molecular formula is C31H42O3. The summed E-state index contributed by atoms with van der Waals surface area (Å²) in [6.07, 6.45) is 11.6. The molecule has 3 aliphatic carbocycles. The molecule has 0 radical (unpaired) electrons. The van der Waals surface area contributed by atoms with E-state index in [-0.39, 0.29) is 11.5 Å². The minimum atomic E-state index is -0.129. The van der Waals surface area contributed by atoms with Crippen molar-refractivity contribution < 1.29 is 14.9 Å². The van der Waals surface area contributed by atoms with Crippen LogP contribution in [-0.2, 0) is 17.8 Å². The summed E-state index contributed by atoms with van der Waals surface area (Å²) in [7, 11) is 0. The van der Waals surface area contributed by atoms with Gasteiger partial charge in [0.25, 0.3) is 0 Å². The molecule has 3 aliphatic rings. The Labute approximate surface area is 205 Å². The van der Waals surface area contributed by atoms with Gasteiger partial charge in [-0.3, -0.25) is 0 Å². The van der Waals surface area contributed by atoms with Gasteiger partial charge in [-0.05, 0) is 103 Å². The maximum Gasteiger partial charge on any atom is 0.115 e. The summed E-state index contributed by atoms with van der Waals surface area (Å²) < 4.78 is 5.86. The van der Waals surface area contributed by atoms with Gasteiger partial charge in [0, 0.05) is 6.61 Å². The Hall–Kier alpha value is -1.84. The molecule has 2 aromatic rings. The van der Waals surface area contributed by atoms with Crippen LogP contribution in [0.15, 0.2) is 48.5 Å². The summed E-state index contributed by atoms with van der Waals surface area (Å²) in [5.41, 5.74) is 4.21. The number of phenolic OH excluding ortho intramolecular Hbond substituents is 1. The van der Waals surface area contributed by atoms with E-state index in [0.29, 0.717) is 36.0 Å². The highest BCUT2D eigenvalue weighted by Gasteiger charge is 2.56. The predicted octanol–water partition coefficient (Wildman–Crippen LogP) is 7.00. The zero-order chi connectivity index (χ0) is 23.5. The highest BCUT2D eigenvalue weighted by atomic mass is 16.5. The molecule has 3 nitrogen and oxygen atoms in total. The quantitative estimate of drug-likeness (QED) is 0.394. The lowest BCUT2D eigenvalue weighted by atomic mass is 9.52. The number of aromatic hydroxyl groups is 1. The van der Waals surface area contributed by atoms with Crippen molar-refractivity contribution in [1.29, 1.82) is 0 Å². The van der Waals surface area contributed by atoms with Crippen molar-refractivity contribution >= 4 is 0 Å². The van der Waals surface area contributed by atoms with Crippen LogP contribution >= 0.6 is 0 Å². The Balaban J connectivity index is 1.16. The number of aliphatic hydroxyl groups excluding tert-OH is 1. The van der Waals surface area contributed by atoms with E-state index >= 15 is 0 Å². The van der Waals surface area contributed by atoms with Gasteiger partial charge in [0.15, 0.2) is 0 Å². The third kappa shape index (κ3) is 4.79. The number of aliphatic hydroxyl groups is 1. The van der Waals surface area contributed by atoms with Gasteiger partial charge in [0.1, 0.15) is 5.75 Å². The first-order chi connectivity index (χ1) is 16.6. The number of rotatable bonds is 9. The van der Waals surface area contributed by atoms with Crippen LogP contribution in [0.3, 0.4) is 0 Å². The SMILES string of the molecule is C[C@]12CC[C@@H]3c4ccc(O)cc4CC(CCCCCCOCc4ccccc4)[C@H]3[C@@H]1CC[C@@H]2O. The van der Waals surface area contributed by atoms with E-state index in [2.05, 4.69) is 37.3 Å². The van der Waals surface area contributed by atoms with E-state index in [1.165, 1.54) is 55.2 Å². The summed E-state index contributed by atoms with van der Waals surface area (Å²) in [5.74, 6) is 3.00. The van der Waals surface area contributed by atoms with E-state index in [1.54, 1.807) is 0 Å². The van der Waals surface area contributed by atoms with Gasteiger partial charge in [-0.2, -0.15) is 0 Å². The van der Waals surface area contributed by atoms with Gasteiger partial charge < -0.3 is 14.9 Å². The van der Waals surface area contributed by atoms with Crippen LogP contribution in [-0.4, -0.2) is 22.9 Å². The maximum atomic E-state index is 10.8. The summed E-state index contributed by atoms with van der Waals surface area (Å²) >= 11 is 0. The first kappa shape index (κ1) is 23.9. The van der Waals surface area contributed by atoms with Crippen LogP contribution < -0.4 is 0 Å². The molecule has 0 saturated heterocycles. The van der Waals surface area contributed by atoms with Crippen molar-refractivity contribution in [2.45, 2.75) is 89.8 Å². The molecular weight excluding hydrogens is 420 g/mol. The molecule has 0 spiro atoms. The third-order valence-corrected chi connectivity index (χ3v) is 9.56. The van der Waals surface area contributed by atoms with Gasteiger partial charge in [-0.25, -0.2) is 0 Å². The molecule has 2 fully saturated rings. The summed E-state index contributed by atoms with van der Waals surface area (Å²) in [5, 5.41) is 21.0. The van der Waals surface area contributed by atoms with Gasteiger partial charge in [-0.1, -0.05) is 62.6 Å². The zero-order valence-corrected chi connectivity index (χ0v) is 20.8. The lowest BCUT2D eigenvalue weighted by molar-refractivity contribution is -0.0396. The molecule has 3 heteroatoms. The van der Waals surface area contributed by atoms with Crippen molar-refractivity contribution in [3.05, 3.63) is 65.2 Å². The molecule has 2 aromatic carbocycles. The summed E-state index contributed by atoms with van der Waals surface area (Å²) in [6.45, 7) is 3.92. The number of fused-ring (bicyclic) bond motifs is 5. The number of phenols is 1. The minimum Gasteiger partial charge on any atom is -0.508 e. The van der Waals surface area contributed by atoms with Crippen LogP contribution in [0.5, 0.6) is 5.75 Å². The fraction of sp³-hybridized carbons (Fsp3) is 0.613. The first-order valence-corrected chi connectivity index (χ1v) is 13.7. The first-order valence-electron chi connectivity index (χ1n) is 13.7. The molecule has 0 heterocycles. The Morgan fingerprint density at radius 3 is 2.65 bits per heavy atom. The molecule has 5 rings (SSSR count). The van der Waals surface area contributed by atoms with Gasteiger partial charge in [0.05, 0.1) is 12.7 Å². The summed E-state index contributed by atoms with van der Waals surface area (Å²) in [6, 6.07) is 16.5. The van der Waals surface area contributed by atoms with Gasteiger partial charge in [0.2, 0.25) is 0 Å². The van der Waals surface area contributed by atoms with Crippen molar-refractivity contribution in [2.75, 3.05) is 6.61 Å². The van der Waals surface area contributed by atoms with Crippen molar-refractivity contribution in [2.24, 2.45) is 23.2 Å². The normalized spacial score (nSPS) is 32.1. The Morgan fingerprint density at radius 2 is 1.79 bits per heavy atom. The fourth-order valence-corrected chi connectivity index (χ4v) is 7.76. The fourth-order valence-electron chi connectivity index (χ4n) is 7.76. The number of hydrogen-bond acceptors (Lipinski definition) is 3. The van der Waals surface area contributed by atoms with E-state index < -0.39 is 0 Å². The van der Waals surface area contributed by atoms with E-state index in [0.717, 1.165) is 32.3 Å². The van der Waals surface area contributed by atoms with Crippen molar-refractivity contribution in [3.63, 3.8) is 0 Å². The minimum absolute atomic E-state index is 0.101. The molecule has 0 aromatic heterocycles. The Morgan fingerprint density at radius 1 is 0.971 bits per heavy atom. The maximum absolute atomic E-state index is 10.8. The van der Waals surface area contributed by atoms with Crippen LogP contribution in [0.2, 0.25) is 0 Å². The van der Waals surface area contributed by atoms with Crippen LogP contribution in [0.1, 0.15) is 87.3 Å². The number of hydrogen-bond donors (Lipinski definition) is 2. The van der Waals surface area contributed by atoms with Gasteiger partial charge >= 0.3 is 0 Å². The summed E-state index contributed by atoms with van der Waals surface area (Å²) in [4.78, 5) is 0. The van der Waals surface area contributed by atoms with E-state index in [1.807, 2.05) is 18.2 Å². The second-order valence-corrected chi connectivity index (χ2v) is 11.5. The highest BCUT2D eigenvalue weighted by molar-refractivity contribution is 5.40. The van der Waals surface area contributed by atoms with Crippen molar-refractivity contribution in [3.8, 4) is 5.75 Å². The number of unbranched alkanes of at least 4 members (excludes halogenated alkanes) is 3. The highest BCUT2D eigenvalue weighted by Crippen LogP contribution is 2.62. The molecule has 0 aliphatic heterocycles. The third-order valence-electron chi connectivity index (χ3n) is 9.56. The van der Waals surface area contributed by atoms with Crippen LogP contribution in [0.25, 0.3) is 0 Å². The molecule has 2 saturated carbocycles. The second kappa shape index (κ2) is 10.4. The van der Waals surface area contributed by atoms with Crippen LogP contribution in [0, 0.1) is 23.2 Å². The second-order valence-electron chi connectivity index (χ2n) is 11.5. The zero-order valence-electron chi connectivity index (χ0n) is 20.8. The lowest BCUT2D eigenvalue weighted by Gasteiger charge is -2.53. The number of benzene rings is 2. The molecule has 34 heavy (non-hydrogen) atoms. The smallest absolute Gasteiger partial charge is 0.115 e.